The molecule has 4 atom stereocenters. The van der Waals surface area contributed by atoms with E-state index in [0.29, 0.717) is 12.7 Å². The van der Waals surface area contributed by atoms with Crippen molar-refractivity contribution in [2.45, 2.75) is 39.0 Å². The van der Waals surface area contributed by atoms with Crippen LogP contribution in [-0.2, 0) is 15.8 Å². The molecule has 0 spiro atoms. The van der Waals surface area contributed by atoms with E-state index >= 15 is 0 Å². The third-order valence-electron chi connectivity index (χ3n) is 5.40. The molecule has 2 aliphatic rings. The summed E-state index contributed by atoms with van der Waals surface area (Å²) in [6.45, 7) is 5.73. The Bertz CT molecular complexity index is 753. The van der Waals surface area contributed by atoms with Crippen molar-refractivity contribution in [1.82, 2.24) is 14.9 Å². The van der Waals surface area contributed by atoms with E-state index in [-0.39, 0.29) is 23.1 Å². The Hall–Kier alpha value is -2.39. The number of alkyl halides is 3. The number of aromatic nitrogens is 2. The Morgan fingerprint density at radius 3 is 2.62 bits per heavy atom. The maximum absolute atomic E-state index is 12.7. The molecule has 7 nitrogen and oxygen atoms in total. The molecule has 0 bridgehead atoms. The van der Waals surface area contributed by atoms with Gasteiger partial charge in [-0.25, -0.2) is 9.78 Å². The highest BCUT2D eigenvalue weighted by Crippen LogP contribution is 2.64. The molecule has 2 N–H and O–H groups in total. The van der Waals surface area contributed by atoms with E-state index in [1.54, 1.807) is 0 Å². The van der Waals surface area contributed by atoms with Crippen LogP contribution in [0.5, 0.6) is 0 Å². The molecule has 26 heavy (non-hydrogen) atoms. The standard InChI is InChI=1S/C16H19F3N4O3/c1-7(21-10-5-20-4-9(22-10)16(17,18)19)13(24)23-6-8-11(15(8,2)3)12(23)14(25)26/h4-5,7-8,11-12H,6H2,1-3H3,(H,21,22)(H,25,26)/t7-,8-,11-,12-/m0/s1. The number of nitrogens with one attached hydrogen (secondary N) is 1. The second kappa shape index (κ2) is 5.82. The van der Waals surface area contributed by atoms with Gasteiger partial charge in [-0.15, -0.1) is 0 Å². The first kappa shape index (κ1) is 18.4. The summed E-state index contributed by atoms with van der Waals surface area (Å²) < 4.78 is 38.1. The summed E-state index contributed by atoms with van der Waals surface area (Å²) in [7, 11) is 0. The van der Waals surface area contributed by atoms with Gasteiger partial charge in [0.05, 0.1) is 12.4 Å². The van der Waals surface area contributed by atoms with Crippen molar-refractivity contribution in [3.05, 3.63) is 18.1 Å². The summed E-state index contributed by atoms with van der Waals surface area (Å²) in [5.41, 5.74) is -1.29. The molecule has 1 aromatic rings. The minimum absolute atomic E-state index is 0.107. The quantitative estimate of drug-likeness (QED) is 0.838. The molecule has 1 aromatic heterocycles. The molecule has 1 saturated heterocycles. The van der Waals surface area contributed by atoms with E-state index in [9.17, 15) is 27.9 Å². The van der Waals surface area contributed by atoms with Gasteiger partial charge in [0.2, 0.25) is 5.91 Å². The van der Waals surface area contributed by atoms with Crippen molar-refractivity contribution in [3.63, 3.8) is 0 Å². The predicted octanol–water partition coefficient (Wildman–Crippen LogP) is 1.86. The second-order valence-electron chi connectivity index (χ2n) is 7.38. The van der Waals surface area contributed by atoms with Crippen molar-refractivity contribution in [1.29, 1.82) is 0 Å². The number of carbonyl (C=O) groups is 2. The number of halogens is 3. The normalized spacial score (nSPS) is 27.6. The maximum Gasteiger partial charge on any atom is 0.434 e. The first-order chi connectivity index (χ1) is 11.9. The topological polar surface area (TPSA) is 95.4 Å². The zero-order valence-corrected chi connectivity index (χ0v) is 14.4. The molecule has 2 fully saturated rings. The molecule has 1 saturated carbocycles. The number of fused-ring (bicyclic) bond motifs is 1. The van der Waals surface area contributed by atoms with Gasteiger partial charge in [-0.1, -0.05) is 13.8 Å². The molecule has 1 aliphatic heterocycles. The van der Waals surface area contributed by atoms with E-state index in [4.69, 9.17) is 0 Å². The molecular weight excluding hydrogens is 353 g/mol. The summed E-state index contributed by atoms with van der Waals surface area (Å²) >= 11 is 0. The number of hydrogen-bond donors (Lipinski definition) is 2. The van der Waals surface area contributed by atoms with E-state index in [0.717, 1.165) is 6.20 Å². The Morgan fingerprint density at radius 1 is 1.38 bits per heavy atom. The van der Waals surface area contributed by atoms with Gasteiger partial charge in [0.15, 0.2) is 5.69 Å². The van der Waals surface area contributed by atoms with E-state index in [1.165, 1.54) is 11.8 Å². The number of carboxylic acid groups (broad SMARTS) is 1. The fraction of sp³-hybridized carbons (Fsp3) is 0.625. The lowest BCUT2D eigenvalue weighted by atomic mass is 10.0. The van der Waals surface area contributed by atoms with E-state index in [2.05, 4.69) is 15.3 Å². The van der Waals surface area contributed by atoms with Crippen LogP contribution in [0.2, 0.25) is 0 Å². The molecule has 3 rings (SSSR count). The third-order valence-corrected chi connectivity index (χ3v) is 5.40. The number of aliphatic carboxylic acids is 1. The minimum atomic E-state index is -4.64. The first-order valence-electron chi connectivity index (χ1n) is 8.13. The van der Waals surface area contributed by atoms with Crippen LogP contribution in [0, 0.1) is 17.3 Å². The van der Waals surface area contributed by atoms with Crippen molar-refractivity contribution in [2.75, 3.05) is 11.9 Å². The van der Waals surface area contributed by atoms with Crippen molar-refractivity contribution < 1.29 is 27.9 Å². The lowest BCUT2D eigenvalue weighted by molar-refractivity contribution is -0.150. The number of nitrogens with zero attached hydrogens (tertiary/aromatic N) is 3. The molecule has 1 amide bonds. The van der Waals surface area contributed by atoms with Gasteiger partial charge < -0.3 is 15.3 Å². The summed E-state index contributed by atoms with van der Waals surface area (Å²) in [6, 6.07) is -1.85. The van der Waals surface area contributed by atoms with Gasteiger partial charge >= 0.3 is 12.1 Å². The molecule has 10 heteroatoms. The molecular formula is C16H19F3N4O3. The Labute approximate surface area is 147 Å². The van der Waals surface area contributed by atoms with Crippen LogP contribution in [0.4, 0.5) is 19.0 Å². The zero-order chi connectivity index (χ0) is 19.4. The lowest BCUT2D eigenvalue weighted by Crippen LogP contribution is -2.50. The number of anilines is 1. The SMILES string of the molecule is C[C@H](Nc1cncc(C(F)(F)F)n1)C(=O)N1C[C@H]2[C@@H]([C@H]1C(=O)O)C2(C)C. The van der Waals surface area contributed by atoms with Gasteiger partial charge in [-0.2, -0.15) is 13.2 Å². The second-order valence-corrected chi connectivity index (χ2v) is 7.38. The van der Waals surface area contributed by atoms with Crippen molar-refractivity contribution in [2.24, 2.45) is 17.3 Å². The highest BCUT2D eigenvalue weighted by molar-refractivity contribution is 5.90. The monoisotopic (exact) mass is 372 g/mol. The van der Waals surface area contributed by atoms with Crippen LogP contribution in [0.3, 0.4) is 0 Å². The highest BCUT2D eigenvalue weighted by atomic mass is 19.4. The molecule has 0 radical (unpaired) electrons. The number of hydrogen-bond acceptors (Lipinski definition) is 5. The van der Waals surface area contributed by atoms with E-state index in [1.807, 2.05) is 13.8 Å². The van der Waals surface area contributed by atoms with Crippen molar-refractivity contribution in [3.8, 4) is 0 Å². The minimum Gasteiger partial charge on any atom is -0.480 e. The molecule has 142 valence electrons. The Balaban J connectivity index is 1.72. The highest BCUT2D eigenvalue weighted by Gasteiger charge is 2.69. The average molecular weight is 372 g/mol. The van der Waals surface area contributed by atoms with Crippen LogP contribution < -0.4 is 5.32 Å². The van der Waals surface area contributed by atoms with Gasteiger partial charge in [-0.05, 0) is 18.3 Å². The summed E-state index contributed by atoms with van der Waals surface area (Å²) in [6.07, 6.45) is -2.97. The van der Waals surface area contributed by atoms with Crippen LogP contribution in [0.15, 0.2) is 12.4 Å². The third kappa shape index (κ3) is 2.97. The van der Waals surface area contributed by atoms with Crippen LogP contribution >= 0.6 is 0 Å². The molecule has 0 aromatic carbocycles. The molecule has 1 aliphatic carbocycles. The number of piperidine rings is 1. The van der Waals surface area contributed by atoms with Gasteiger partial charge in [-0.3, -0.25) is 9.78 Å². The number of carbonyl (C=O) groups excluding carboxylic acids is 1. The zero-order valence-electron chi connectivity index (χ0n) is 14.4. The van der Waals surface area contributed by atoms with Gasteiger partial charge in [0, 0.05) is 12.5 Å². The largest absolute Gasteiger partial charge is 0.480 e. The number of rotatable bonds is 4. The number of amides is 1. The smallest absolute Gasteiger partial charge is 0.434 e. The van der Waals surface area contributed by atoms with Gasteiger partial charge in [0.25, 0.3) is 0 Å². The average Bonchev–Trinajstić information content (AvgIpc) is 2.91. The Morgan fingerprint density at radius 2 is 2.04 bits per heavy atom. The fourth-order valence-corrected chi connectivity index (χ4v) is 3.90. The summed E-state index contributed by atoms with van der Waals surface area (Å²) in [5, 5.41) is 12.1. The van der Waals surface area contributed by atoms with Crippen LogP contribution in [0.1, 0.15) is 26.5 Å². The van der Waals surface area contributed by atoms with E-state index < -0.39 is 35.8 Å². The van der Waals surface area contributed by atoms with Crippen molar-refractivity contribution >= 4 is 17.7 Å². The van der Waals surface area contributed by atoms with Gasteiger partial charge in [0.1, 0.15) is 17.9 Å². The van der Waals surface area contributed by atoms with Crippen LogP contribution in [0.25, 0.3) is 0 Å². The van der Waals surface area contributed by atoms with Crippen LogP contribution in [-0.4, -0.2) is 50.5 Å². The number of carboxylic acids is 1. The lowest BCUT2D eigenvalue weighted by Gasteiger charge is -2.30. The Kier molecular flexibility index (Phi) is 4.12. The number of likely N-dealkylation sites (tertiary alicyclic amines) is 1. The molecule has 0 unspecified atom stereocenters. The maximum atomic E-state index is 12.7. The summed E-state index contributed by atoms with van der Waals surface area (Å²) in [5.74, 6) is -1.74. The molecule has 2 heterocycles. The first-order valence-corrected chi connectivity index (χ1v) is 8.13. The summed E-state index contributed by atoms with van der Waals surface area (Å²) in [4.78, 5) is 32.4. The predicted molar refractivity (Wildman–Crippen MR) is 84.0 cm³/mol. The fourth-order valence-electron chi connectivity index (χ4n) is 3.90.